The molecule has 0 saturated heterocycles. The molecule has 7 heteroatoms. The normalized spacial score (nSPS) is 20.3. The van der Waals surface area contributed by atoms with Gasteiger partial charge in [-0.25, -0.2) is 4.99 Å². The van der Waals surface area contributed by atoms with Gasteiger partial charge in [0.15, 0.2) is 11.7 Å². The number of halogens is 1. The molecule has 1 fully saturated rings. The lowest BCUT2D eigenvalue weighted by Crippen LogP contribution is -2.45. The fraction of sp³-hybridized carbons (Fsp3) is 0.474. The SMILES string of the molecule is CCNC(=NCc1cc(-c2ccccc2)on1)NC1CCC(O)CC1.I. The molecule has 0 aliphatic heterocycles. The molecule has 142 valence electrons. The lowest BCUT2D eigenvalue weighted by atomic mass is 9.93. The Morgan fingerprint density at radius 3 is 2.65 bits per heavy atom. The molecule has 3 rings (SSSR count). The van der Waals surface area contributed by atoms with Gasteiger partial charge in [0, 0.05) is 24.2 Å². The van der Waals surface area contributed by atoms with E-state index in [-0.39, 0.29) is 30.1 Å². The second-order valence-corrected chi connectivity index (χ2v) is 6.39. The van der Waals surface area contributed by atoms with Gasteiger partial charge in [-0.2, -0.15) is 0 Å². The second kappa shape index (κ2) is 10.5. The monoisotopic (exact) mass is 470 g/mol. The van der Waals surface area contributed by atoms with Crippen molar-refractivity contribution in [1.29, 1.82) is 0 Å². The summed E-state index contributed by atoms with van der Waals surface area (Å²) in [6.07, 6.45) is 3.48. The predicted octanol–water partition coefficient (Wildman–Crippen LogP) is 3.32. The largest absolute Gasteiger partial charge is 0.393 e. The van der Waals surface area contributed by atoms with E-state index in [9.17, 15) is 5.11 Å². The van der Waals surface area contributed by atoms with E-state index in [2.05, 4.69) is 20.8 Å². The van der Waals surface area contributed by atoms with Crippen LogP contribution < -0.4 is 10.6 Å². The highest BCUT2D eigenvalue weighted by atomic mass is 127. The molecule has 3 N–H and O–H groups in total. The van der Waals surface area contributed by atoms with Gasteiger partial charge in [-0.05, 0) is 32.6 Å². The van der Waals surface area contributed by atoms with Crippen molar-refractivity contribution in [3.05, 3.63) is 42.1 Å². The third kappa shape index (κ3) is 5.98. The third-order valence-electron chi connectivity index (χ3n) is 4.40. The highest BCUT2D eigenvalue weighted by Gasteiger charge is 2.20. The molecule has 0 spiro atoms. The van der Waals surface area contributed by atoms with Gasteiger partial charge in [-0.15, -0.1) is 24.0 Å². The van der Waals surface area contributed by atoms with Gasteiger partial charge in [0.05, 0.1) is 12.6 Å². The lowest BCUT2D eigenvalue weighted by Gasteiger charge is -2.27. The van der Waals surface area contributed by atoms with Gasteiger partial charge in [0.25, 0.3) is 0 Å². The van der Waals surface area contributed by atoms with Crippen LogP contribution >= 0.6 is 24.0 Å². The number of aliphatic imine (C=N–C) groups is 1. The molecule has 2 aromatic rings. The average molecular weight is 470 g/mol. The van der Waals surface area contributed by atoms with Crippen LogP contribution in [-0.2, 0) is 6.54 Å². The molecule has 0 atom stereocenters. The van der Waals surface area contributed by atoms with Gasteiger partial charge < -0.3 is 20.3 Å². The van der Waals surface area contributed by atoms with E-state index >= 15 is 0 Å². The molecule has 1 saturated carbocycles. The summed E-state index contributed by atoms with van der Waals surface area (Å²) in [6, 6.07) is 12.2. The van der Waals surface area contributed by atoms with E-state index < -0.39 is 0 Å². The van der Waals surface area contributed by atoms with Gasteiger partial charge in [-0.3, -0.25) is 0 Å². The van der Waals surface area contributed by atoms with Crippen molar-refractivity contribution in [3.8, 4) is 11.3 Å². The van der Waals surface area contributed by atoms with Crippen LogP contribution in [0.4, 0.5) is 0 Å². The molecule has 0 radical (unpaired) electrons. The summed E-state index contributed by atoms with van der Waals surface area (Å²) in [5.41, 5.74) is 1.81. The summed E-state index contributed by atoms with van der Waals surface area (Å²) in [5, 5.41) is 20.5. The van der Waals surface area contributed by atoms with Crippen LogP contribution in [0.3, 0.4) is 0 Å². The molecule has 0 bridgehead atoms. The molecule has 1 aliphatic rings. The molecule has 1 aliphatic carbocycles. The summed E-state index contributed by atoms with van der Waals surface area (Å²) >= 11 is 0. The summed E-state index contributed by atoms with van der Waals surface area (Å²) in [6.45, 7) is 3.31. The first-order chi connectivity index (χ1) is 12.2. The maximum Gasteiger partial charge on any atom is 0.191 e. The maximum absolute atomic E-state index is 9.62. The van der Waals surface area contributed by atoms with Gasteiger partial charge in [0.1, 0.15) is 5.69 Å². The van der Waals surface area contributed by atoms with Crippen molar-refractivity contribution in [2.75, 3.05) is 6.54 Å². The van der Waals surface area contributed by atoms with Crippen LogP contribution in [0.2, 0.25) is 0 Å². The first-order valence-corrected chi connectivity index (χ1v) is 8.98. The van der Waals surface area contributed by atoms with Crippen LogP contribution in [0.25, 0.3) is 11.3 Å². The van der Waals surface area contributed by atoms with Crippen LogP contribution in [-0.4, -0.2) is 34.9 Å². The van der Waals surface area contributed by atoms with Crippen molar-refractivity contribution in [1.82, 2.24) is 15.8 Å². The first kappa shape index (κ1) is 20.7. The Morgan fingerprint density at radius 1 is 1.23 bits per heavy atom. The molecule has 0 amide bonds. The fourth-order valence-corrected chi connectivity index (χ4v) is 3.02. The molecule has 1 heterocycles. The van der Waals surface area contributed by atoms with Crippen molar-refractivity contribution >= 4 is 29.9 Å². The highest BCUT2D eigenvalue weighted by Crippen LogP contribution is 2.20. The van der Waals surface area contributed by atoms with E-state index in [1.807, 2.05) is 43.3 Å². The Bertz CT molecular complexity index is 682. The molecular weight excluding hydrogens is 443 g/mol. The zero-order valence-electron chi connectivity index (χ0n) is 15.0. The zero-order valence-corrected chi connectivity index (χ0v) is 17.3. The Labute approximate surface area is 171 Å². The number of rotatable bonds is 5. The number of benzene rings is 1. The first-order valence-electron chi connectivity index (χ1n) is 8.98. The minimum Gasteiger partial charge on any atom is -0.393 e. The number of hydrogen-bond donors (Lipinski definition) is 3. The summed E-state index contributed by atoms with van der Waals surface area (Å²) < 4.78 is 5.42. The van der Waals surface area contributed by atoms with E-state index in [1.54, 1.807) is 0 Å². The van der Waals surface area contributed by atoms with Crippen molar-refractivity contribution in [2.45, 2.75) is 51.3 Å². The van der Waals surface area contributed by atoms with Crippen molar-refractivity contribution < 1.29 is 9.63 Å². The molecule has 1 aromatic carbocycles. The number of nitrogens with one attached hydrogen (secondary N) is 2. The Balaban J connectivity index is 0.00000243. The molecule has 1 aromatic heterocycles. The predicted molar refractivity (Wildman–Crippen MR) is 114 cm³/mol. The standard InChI is InChI=1S/C19H26N4O2.HI/c1-2-20-19(22-15-8-10-17(24)11-9-15)21-13-16-12-18(25-23-16)14-6-4-3-5-7-14;/h3-7,12,15,17,24H,2,8-11,13H2,1H3,(H2,20,21,22);1H. The molecule has 26 heavy (non-hydrogen) atoms. The van der Waals surface area contributed by atoms with Crippen LogP contribution in [0, 0.1) is 0 Å². The molecule has 6 nitrogen and oxygen atoms in total. The van der Waals surface area contributed by atoms with Gasteiger partial charge in [-0.1, -0.05) is 35.5 Å². The van der Waals surface area contributed by atoms with E-state index in [1.165, 1.54) is 0 Å². The van der Waals surface area contributed by atoms with Crippen LogP contribution in [0.15, 0.2) is 45.9 Å². The fourth-order valence-electron chi connectivity index (χ4n) is 3.02. The minimum absolute atomic E-state index is 0. The maximum atomic E-state index is 9.62. The highest BCUT2D eigenvalue weighted by molar-refractivity contribution is 14.0. The van der Waals surface area contributed by atoms with Crippen molar-refractivity contribution in [2.24, 2.45) is 4.99 Å². The van der Waals surface area contributed by atoms with Crippen LogP contribution in [0.5, 0.6) is 0 Å². The summed E-state index contributed by atoms with van der Waals surface area (Å²) in [4.78, 5) is 4.61. The topological polar surface area (TPSA) is 82.7 Å². The minimum atomic E-state index is -0.149. The Kier molecular flexibility index (Phi) is 8.37. The zero-order chi connectivity index (χ0) is 17.5. The van der Waals surface area contributed by atoms with Gasteiger partial charge >= 0.3 is 0 Å². The number of aliphatic hydroxyl groups excluding tert-OH is 1. The second-order valence-electron chi connectivity index (χ2n) is 6.39. The quantitative estimate of drug-likeness (QED) is 0.355. The van der Waals surface area contributed by atoms with Crippen molar-refractivity contribution in [3.63, 3.8) is 0 Å². The van der Waals surface area contributed by atoms with E-state index in [4.69, 9.17) is 4.52 Å². The number of aromatic nitrogens is 1. The van der Waals surface area contributed by atoms with Crippen LogP contribution in [0.1, 0.15) is 38.3 Å². The number of aliphatic hydroxyl groups is 1. The molecular formula is C19H27IN4O2. The summed E-state index contributed by atoms with van der Waals surface area (Å²) in [7, 11) is 0. The smallest absolute Gasteiger partial charge is 0.191 e. The third-order valence-corrected chi connectivity index (χ3v) is 4.40. The molecule has 0 unspecified atom stereocenters. The van der Waals surface area contributed by atoms with E-state index in [0.29, 0.717) is 12.6 Å². The summed E-state index contributed by atoms with van der Waals surface area (Å²) in [5.74, 6) is 1.54. The Hall–Kier alpha value is -1.61. The average Bonchev–Trinajstić information content (AvgIpc) is 3.12. The van der Waals surface area contributed by atoms with E-state index in [0.717, 1.165) is 55.2 Å². The van der Waals surface area contributed by atoms with Gasteiger partial charge in [0.2, 0.25) is 0 Å². The number of guanidine groups is 1. The number of nitrogens with zero attached hydrogens (tertiary/aromatic N) is 2. The lowest BCUT2D eigenvalue weighted by molar-refractivity contribution is 0.120. The Morgan fingerprint density at radius 2 is 1.96 bits per heavy atom. The number of hydrogen-bond acceptors (Lipinski definition) is 4.